The first-order chi connectivity index (χ1) is 12.4. The van der Waals surface area contributed by atoms with Gasteiger partial charge in [-0.25, -0.2) is 9.78 Å². The van der Waals surface area contributed by atoms with E-state index in [1.807, 2.05) is 4.90 Å². The smallest absolute Gasteiger partial charge is 0.355 e. The second kappa shape index (κ2) is 7.52. The highest BCUT2D eigenvalue weighted by molar-refractivity contribution is 7.17. The van der Waals surface area contributed by atoms with Crippen molar-refractivity contribution in [3.8, 4) is 5.75 Å². The molecule has 1 aromatic carbocycles. The lowest BCUT2D eigenvalue weighted by atomic mass is 9.98. The molecular formula is C17H17N3O5S. The number of aromatic nitrogens is 1. The van der Waals surface area contributed by atoms with Gasteiger partial charge in [-0.3, -0.25) is 9.59 Å². The minimum absolute atomic E-state index is 0.303. The molecule has 8 nitrogen and oxygen atoms in total. The Balaban J connectivity index is 1.61. The number of amides is 1. The monoisotopic (exact) mass is 375 g/mol. The number of nitrogens with zero attached hydrogens (tertiary/aromatic N) is 2. The Morgan fingerprint density at radius 3 is 2.42 bits per heavy atom. The summed E-state index contributed by atoms with van der Waals surface area (Å²) in [6.45, 7) is 1.18. The molecule has 0 atom stereocenters. The van der Waals surface area contributed by atoms with E-state index in [1.54, 1.807) is 0 Å². The minimum atomic E-state index is -0.768. The number of carboxylic acid groups (broad SMARTS) is 1. The summed E-state index contributed by atoms with van der Waals surface area (Å²) in [5.74, 6) is -1.88. The summed E-state index contributed by atoms with van der Waals surface area (Å²) in [5.41, 5.74) is 5.49. The summed E-state index contributed by atoms with van der Waals surface area (Å²) in [6.07, 6.45) is 2.56. The van der Waals surface area contributed by atoms with Crippen LogP contribution in [0.5, 0.6) is 5.75 Å². The van der Waals surface area contributed by atoms with Crippen LogP contribution in [0.4, 0.5) is 5.13 Å². The highest BCUT2D eigenvalue weighted by Crippen LogP contribution is 2.28. The molecule has 1 amide bonds. The molecular weight excluding hydrogens is 358 g/mol. The van der Waals surface area contributed by atoms with Crippen molar-refractivity contribution < 1.29 is 24.2 Å². The van der Waals surface area contributed by atoms with Crippen LogP contribution >= 0.6 is 11.3 Å². The van der Waals surface area contributed by atoms with Crippen LogP contribution in [0.3, 0.4) is 0 Å². The standard InChI is InChI=1S/C17H17N3O5S/c18-14(21)10-1-3-12(4-2-10)25-16(24)13-9-19-17(26-13)20-7-5-11(6-8-20)15(22)23/h1-4,9,11H,5-8H2,(H2,18,21)(H,22,23). The number of hydrogen-bond donors (Lipinski definition) is 2. The van der Waals surface area contributed by atoms with Crippen LogP contribution in [0.25, 0.3) is 0 Å². The maximum atomic E-state index is 12.2. The molecule has 1 saturated heterocycles. The van der Waals surface area contributed by atoms with E-state index in [1.165, 1.54) is 41.8 Å². The summed E-state index contributed by atoms with van der Waals surface area (Å²) in [4.78, 5) is 40.8. The molecule has 0 saturated carbocycles. The fourth-order valence-corrected chi connectivity index (χ4v) is 3.51. The number of piperidine rings is 1. The number of carboxylic acids is 1. The molecule has 1 aliphatic rings. The Morgan fingerprint density at radius 2 is 1.85 bits per heavy atom. The van der Waals surface area contributed by atoms with Gasteiger partial charge in [0, 0.05) is 18.7 Å². The lowest BCUT2D eigenvalue weighted by Crippen LogP contribution is -2.36. The molecule has 0 radical (unpaired) electrons. The zero-order chi connectivity index (χ0) is 18.7. The average Bonchev–Trinajstić information content (AvgIpc) is 3.12. The van der Waals surface area contributed by atoms with Crippen LogP contribution in [0.1, 0.15) is 32.9 Å². The van der Waals surface area contributed by atoms with E-state index in [9.17, 15) is 14.4 Å². The molecule has 9 heteroatoms. The molecule has 0 bridgehead atoms. The van der Waals surface area contributed by atoms with Crippen molar-refractivity contribution in [2.45, 2.75) is 12.8 Å². The first kappa shape index (κ1) is 17.9. The number of hydrogen-bond acceptors (Lipinski definition) is 7. The summed E-state index contributed by atoms with van der Waals surface area (Å²) in [7, 11) is 0. The minimum Gasteiger partial charge on any atom is -0.481 e. The highest BCUT2D eigenvalue weighted by Gasteiger charge is 2.26. The van der Waals surface area contributed by atoms with Crippen LogP contribution in [-0.2, 0) is 4.79 Å². The van der Waals surface area contributed by atoms with E-state index >= 15 is 0 Å². The largest absolute Gasteiger partial charge is 0.481 e. The maximum Gasteiger partial charge on any atom is 0.355 e. The number of thiazole rings is 1. The van der Waals surface area contributed by atoms with Gasteiger partial charge >= 0.3 is 11.9 Å². The summed E-state index contributed by atoms with van der Waals surface area (Å²) in [5, 5.41) is 9.71. The van der Waals surface area contributed by atoms with E-state index in [-0.39, 0.29) is 5.92 Å². The third-order valence-electron chi connectivity index (χ3n) is 4.16. The number of aliphatic carboxylic acids is 1. The van der Waals surface area contributed by atoms with Crippen molar-refractivity contribution in [2.24, 2.45) is 11.7 Å². The van der Waals surface area contributed by atoms with Gasteiger partial charge < -0.3 is 20.5 Å². The number of carbonyl (C=O) groups excluding carboxylic acids is 2. The number of primary amides is 1. The van der Waals surface area contributed by atoms with Crippen LogP contribution in [0, 0.1) is 5.92 Å². The van der Waals surface area contributed by atoms with Gasteiger partial charge in [0.15, 0.2) is 5.13 Å². The molecule has 2 heterocycles. The number of benzene rings is 1. The van der Waals surface area contributed by atoms with Crippen molar-refractivity contribution >= 4 is 34.3 Å². The van der Waals surface area contributed by atoms with Crippen molar-refractivity contribution in [1.82, 2.24) is 4.98 Å². The first-order valence-corrected chi connectivity index (χ1v) is 8.81. The number of rotatable bonds is 5. The molecule has 0 unspecified atom stereocenters. The van der Waals surface area contributed by atoms with Crippen molar-refractivity contribution in [1.29, 1.82) is 0 Å². The first-order valence-electron chi connectivity index (χ1n) is 7.99. The predicted octanol–water partition coefficient (Wildman–Crippen LogP) is 1.76. The fraction of sp³-hybridized carbons (Fsp3) is 0.294. The van der Waals surface area contributed by atoms with E-state index in [0.29, 0.717) is 47.3 Å². The van der Waals surface area contributed by atoms with Gasteiger partial charge in [-0.1, -0.05) is 11.3 Å². The van der Waals surface area contributed by atoms with Crippen LogP contribution in [0.2, 0.25) is 0 Å². The molecule has 136 valence electrons. The molecule has 0 spiro atoms. The van der Waals surface area contributed by atoms with Gasteiger partial charge in [-0.05, 0) is 37.1 Å². The molecule has 0 aliphatic carbocycles. The topological polar surface area (TPSA) is 123 Å². The van der Waals surface area contributed by atoms with Crippen molar-refractivity contribution in [2.75, 3.05) is 18.0 Å². The van der Waals surface area contributed by atoms with Crippen molar-refractivity contribution in [3.63, 3.8) is 0 Å². The quantitative estimate of drug-likeness (QED) is 0.603. The molecule has 26 heavy (non-hydrogen) atoms. The van der Waals surface area contributed by atoms with Crippen molar-refractivity contribution in [3.05, 3.63) is 40.9 Å². The molecule has 1 aromatic heterocycles. The highest BCUT2D eigenvalue weighted by atomic mass is 32.1. The Bertz CT molecular complexity index is 825. The molecule has 1 aliphatic heterocycles. The fourth-order valence-electron chi connectivity index (χ4n) is 2.67. The zero-order valence-corrected chi connectivity index (χ0v) is 14.6. The summed E-state index contributed by atoms with van der Waals surface area (Å²) < 4.78 is 5.27. The van der Waals surface area contributed by atoms with Gasteiger partial charge in [0.05, 0.1) is 12.1 Å². The summed E-state index contributed by atoms with van der Waals surface area (Å²) >= 11 is 1.20. The third-order valence-corrected chi connectivity index (χ3v) is 5.20. The van der Waals surface area contributed by atoms with Crippen LogP contribution in [-0.4, -0.2) is 41.0 Å². The Hall–Kier alpha value is -2.94. The van der Waals surface area contributed by atoms with E-state index in [0.717, 1.165) is 0 Å². The van der Waals surface area contributed by atoms with Gasteiger partial charge in [0.1, 0.15) is 10.6 Å². The molecule has 2 aromatic rings. The van der Waals surface area contributed by atoms with E-state index < -0.39 is 17.8 Å². The van der Waals surface area contributed by atoms with Crippen LogP contribution < -0.4 is 15.4 Å². The van der Waals surface area contributed by atoms with Crippen LogP contribution in [0.15, 0.2) is 30.5 Å². The number of carbonyl (C=O) groups is 3. The SMILES string of the molecule is NC(=O)c1ccc(OC(=O)c2cnc(N3CCC(C(=O)O)CC3)s2)cc1. The number of ether oxygens (including phenoxy) is 1. The Kier molecular flexibility index (Phi) is 5.17. The van der Waals surface area contributed by atoms with Gasteiger partial charge in [0.25, 0.3) is 0 Å². The van der Waals surface area contributed by atoms with Gasteiger partial charge in [-0.15, -0.1) is 0 Å². The zero-order valence-electron chi connectivity index (χ0n) is 13.8. The second-order valence-corrected chi connectivity index (χ2v) is 6.89. The number of esters is 1. The average molecular weight is 375 g/mol. The van der Waals surface area contributed by atoms with E-state index in [4.69, 9.17) is 15.6 Å². The molecule has 3 N–H and O–H groups in total. The van der Waals surface area contributed by atoms with Gasteiger partial charge in [0.2, 0.25) is 5.91 Å². The number of nitrogens with two attached hydrogens (primary N) is 1. The Labute approximate surface area is 153 Å². The predicted molar refractivity (Wildman–Crippen MR) is 94.6 cm³/mol. The normalized spacial score (nSPS) is 14.8. The van der Waals surface area contributed by atoms with E-state index in [2.05, 4.69) is 4.98 Å². The molecule has 3 rings (SSSR count). The second-order valence-electron chi connectivity index (χ2n) is 5.88. The lowest BCUT2D eigenvalue weighted by Gasteiger charge is -2.29. The Morgan fingerprint density at radius 1 is 1.19 bits per heavy atom. The summed E-state index contributed by atoms with van der Waals surface area (Å²) in [6, 6.07) is 5.96. The third kappa shape index (κ3) is 3.99. The number of anilines is 1. The van der Waals surface area contributed by atoms with Gasteiger partial charge in [-0.2, -0.15) is 0 Å². The lowest BCUT2D eigenvalue weighted by molar-refractivity contribution is -0.142. The maximum absolute atomic E-state index is 12.2. The molecule has 1 fully saturated rings.